The molecule has 8 heteroatoms. The first kappa shape index (κ1) is 17.8. The maximum atomic E-state index is 12.5. The zero-order valence-electron chi connectivity index (χ0n) is 15.1. The number of aromatic nitrogens is 1. The molecule has 1 atom stereocenters. The molecule has 0 bridgehead atoms. The van der Waals surface area contributed by atoms with E-state index in [4.69, 9.17) is 4.42 Å². The van der Waals surface area contributed by atoms with Crippen molar-refractivity contribution in [3.05, 3.63) is 60.2 Å². The molecule has 0 unspecified atom stereocenters. The smallest absolute Gasteiger partial charge is 0.271 e. The highest BCUT2D eigenvalue weighted by Gasteiger charge is 2.29. The van der Waals surface area contributed by atoms with Crippen molar-refractivity contribution >= 4 is 28.6 Å². The van der Waals surface area contributed by atoms with Gasteiger partial charge < -0.3 is 14.3 Å². The highest BCUT2D eigenvalue weighted by atomic mass is 16.3. The minimum absolute atomic E-state index is 0.158. The number of benzene rings is 1. The number of fused-ring (bicyclic) bond motifs is 1. The molecule has 144 valence electrons. The number of hydrazine groups is 1. The number of nitrogens with one attached hydrogen (secondary N) is 3. The number of carbonyl (C=O) groups is 3. The van der Waals surface area contributed by atoms with Crippen LogP contribution >= 0.6 is 0 Å². The maximum Gasteiger partial charge on any atom is 0.271 e. The third-order valence-electron chi connectivity index (χ3n) is 4.98. The first-order valence-electron chi connectivity index (χ1n) is 9.11. The van der Waals surface area contributed by atoms with Gasteiger partial charge in [0, 0.05) is 30.2 Å². The fourth-order valence-corrected chi connectivity index (χ4v) is 3.49. The van der Waals surface area contributed by atoms with Crippen molar-refractivity contribution in [2.24, 2.45) is 5.92 Å². The monoisotopic (exact) mass is 380 g/mol. The Labute approximate surface area is 160 Å². The first-order chi connectivity index (χ1) is 13.6. The molecule has 8 nitrogen and oxygen atoms in total. The van der Waals surface area contributed by atoms with Gasteiger partial charge >= 0.3 is 0 Å². The van der Waals surface area contributed by atoms with Crippen LogP contribution in [-0.4, -0.2) is 40.7 Å². The SMILES string of the molecule is O=C(NNC(=O)[C@H]1CCCN(C(=O)c2ccoc2)C1)c1c[nH]c2ccccc12. The second-order valence-electron chi connectivity index (χ2n) is 6.79. The van der Waals surface area contributed by atoms with Crippen molar-refractivity contribution in [3.63, 3.8) is 0 Å². The second kappa shape index (κ2) is 7.59. The molecule has 3 aromatic rings. The van der Waals surface area contributed by atoms with Crippen molar-refractivity contribution < 1.29 is 18.8 Å². The average Bonchev–Trinajstić information content (AvgIpc) is 3.41. The van der Waals surface area contributed by atoms with E-state index in [1.54, 1.807) is 17.2 Å². The van der Waals surface area contributed by atoms with Gasteiger partial charge in [0.25, 0.3) is 11.8 Å². The van der Waals surface area contributed by atoms with E-state index in [9.17, 15) is 14.4 Å². The fraction of sp³-hybridized carbons (Fsp3) is 0.250. The van der Waals surface area contributed by atoms with Crippen LogP contribution in [0.4, 0.5) is 0 Å². The van der Waals surface area contributed by atoms with Crippen molar-refractivity contribution in [2.75, 3.05) is 13.1 Å². The Balaban J connectivity index is 1.35. The molecule has 1 fully saturated rings. The lowest BCUT2D eigenvalue weighted by molar-refractivity contribution is -0.127. The van der Waals surface area contributed by atoms with Gasteiger partial charge in [-0.3, -0.25) is 25.2 Å². The van der Waals surface area contributed by atoms with E-state index in [0.717, 1.165) is 17.3 Å². The molecule has 1 aromatic carbocycles. The summed E-state index contributed by atoms with van der Waals surface area (Å²) in [7, 11) is 0. The summed E-state index contributed by atoms with van der Waals surface area (Å²) in [4.78, 5) is 42.0. The molecule has 3 amide bonds. The second-order valence-corrected chi connectivity index (χ2v) is 6.79. The van der Waals surface area contributed by atoms with Crippen LogP contribution in [0.3, 0.4) is 0 Å². The Bertz CT molecular complexity index is 1010. The number of furan rings is 1. The quantitative estimate of drug-likeness (QED) is 0.605. The summed E-state index contributed by atoms with van der Waals surface area (Å²) < 4.78 is 4.95. The van der Waals surface area contributed by atoms with Crippen molar-refractivity contribution in [3.8, 4) is 0 Å². The molecule has 0 radical (unpaired) electrons. The molecule has 1 saturated heterocycles. The molecule has 0 aliphatic carbocycles. The van der Waals surface area contributed by atoms with E-state index in [-0.39, 0.29) is 17.7 Å². The number of H-pyrrole nitrogens is 1. The van der Waals surface area contributed by atoms with E-state index in [2.05, 4.69) is 15.8 Å². The van der Waals surface area contributed by atoms with Crippen LogP contribution in [0.15, 0.2) is 53.5 Å². The summed E-state index contributed by atoms with van der Waals surface area (Å²) >= 11 is 0. The Morgan fingerprint density at radius 2 is 2.00 bits per heavy atom. The van der Waals surface area contributed by atoms with Crippen LogP contribution in [0.1, 0.15) is 33.6 Å². The zero-order valence-corrected chi connectivity index (χ0v) is 15.1. The van der Waals surface area contributed by atoms with Gasteiger partial charge in [0.1, 0.15) is 6.26 Å². The van der Waals surface area contributed by atoms with E-state index >= 15 is 0 Å². The van der Waals surface area contributed by atoms with Gasteiger partial charge in [0.2, 0.25) is 5.91 Å². The first-order valence-corrected chi connectivity index (χ1v) is 9.11. The predicted molar refractivity (Wildman–Crippen MR) is 101 cm³/mol. The summed E-state index contributed by atoms with van der Waals surface area (Å²) in [5.41, 5.74) is 6.73. The van der Waals surface area contributed by atoms with Gasteiger partial charge in [-0.1, -0.05) is 18.2 Å². The Kier molecular flexibility index (Phi) is 4.84. The van der Waals surface area contributed by atoms with Crippen molar-refractivity contribution in [2.45, 2.75) is 12.8 Å². The topological polar surface area (TPSA) is 107 Å². The van der Waals surface area contributed by atoms with E-state index < -0.39 is 5.91 Å². The summed E-state index contributed by atoms with van der Waals surface area (Å²) in [6, 6.07) is 9.04. The van der Waals surface area contributed by atoms with Crippen LogP contribution in [0.2, 0.25) is 0 Å². The van der Waals surface area contributed by atoms with Crippen LogP contribution < -0.4 is 10.9 Å². The summed E-state index contributed by atoms with van der Waals surface area (Å²) in [5.74, 6) is -1.24. The molecule has 0 saturated carbocycles. The Morgan fingerprint density at radius 1 is 1.14 bits per heavy atom. The normalized spacial score (nSPS) is 16.7. The molecular formula is C20H20N4O4. The number of rotatable bonds is 3. The lowest BCUT2D eigenvalue weighted by atomic mass is 9.97. The highest BCUT2D eigenvalue weighted by Crippen LogP contribution is 2.20. The van der Waals surface area contributed by atoms with Gasteiger partial charge in [-0.15, -0.1) is 0 Å². The summed E-state index contributed by atoms with van der Waals surface area (Å²) in [5, 5.41) is 0.781. The van der Waals surface area contributed by atoms with Gasteiger partial charge in [-0.25, -0.2) is 0 Å². The van der Waals surface area contributed by atoms with Crippen LogP contribution in [0.25, 0.3) is 10.9 Å². The standard InChI is InChI=1S/C20H20N4O4/c25-18(13-4-3-8-24(11-13)20(27)14-7-9-28-12-14)22-23-19(26)16-10-21-17-6-2-1-5-15(16)17/h1-2,5-7,9-10,12-13,21H,3-4,8,11H2,(H,22,25)(H,23,26)/t13-/m0/s1. The minimum atomic E-state index is -0.395. The van der Waals surface area contributed by atoms with E-state index in [1.807, 2.05) is 24.3 Å². The number of nitrogens with zero attached hydrogens (tertiary/aromatic N) is 1. The van der Waals surface area contributed by atoms with Crippen LogP contribution in [0, 0.1) is 5.92 Å². The van der Waals surface area contributed by atoms with E-state index in [1.165, 1.54) is 12.5 Å². The average molecular weight is 380 g/mol. The van der Waals surface area contributed by atoms with Crippen LogP contribution in [0.5, 0.6) is 0 Å². The Morgan fingerprint density at radius 3 is 2.82 bits per heavy atom. The lowest BCUT2D eigenvalue weighted by Crippen LogP contribution is -2.50. The molecule has 0 spiro atoms. The number of hydrogen-bond donors (Lipinski definition) is 3. The molecule has 3 heterocycles. The molecule has 3 N–H and O–H groups in total. The Hall–Kier alpha value is -3.55. The number of aromatic amines is 1. The number of carbonyl (C=O) groups excluding carboxylic acids is 3. The molecule has 2 aromatic heterocycles. The third kappa shape index (κ3) is 3.48. The van der Waals surface area contributed by atoms with Crippen molar-refractivity contribution in [1.82, 2.24) is 20.7 Å². The summed E-state index contributed by atoms with van der Waals surface area (Å²) in [6.07, 6.45) is 5.83. The molecule has 1 aliphatic rings. The van der Waals surface area contributed by atoms with Gasteiger partial charge in [0.05, 0.1) is 23.3 Å². The third-order valence-corrected chi connectivity index (χ3v) is 4.98. The largest absolute Gasteiger partial charge is 0.472 e. The molecule has 4 rings (SSSR count). The van der Waals surface area contributed by atoms with Gasteiger partial charge in [-0.05, 0) is 25.0 Å². The highest BCUT2D eigenvalue weighted by molar-refractivity contribution is 6.07. The van der Waals surface area contributed by atoms with Crippen molar-refractivity contribution in [1.29, 1.82) is 0 Å². The van der Waals surface area contributed by atoms with E-state index in [0.29, 0.717) is 30.6 Å². The van der Waals surface area contributed by atoms with Gasteiger partial charge in [0.15, 0.2) is 0 Å². The summed E-state index contributed by atoms with van der Waals surface area (Å²) in [6.45, 7) is 0.897. The number of amides is 3. The zero-order chi connectivity index (χ0) is 19.5. The molecule has 1 aliphatic heterocycles. The van der Waals surface area contributed by atoms with Gasteiger partial charge in [-0.2, -0.15) is 0 Å². The fourth-order valence-electron chi connectivity index (χ4n) is 3.49. The number of likely N-dealkylation sites (tertiary alicyclic amines) is 1. The predicted octanol–water partition coefficient (Wildman–Crippen LogP) is 2.07. The number of para-hydroxylation sites is 1. The number of hydrogen-bond acceptors (Lipinski definition) is 4. The molecular weight excluding hydrogens is 360 g/mol. The maximum absolute atomic E-state index is 12.5. The lowest BCUT2D eigenvalue weighted by Gasteiger charge is -2.31. The minimum Gasteiger partial charge on any atom is -0.472 e. The molecule has 28 heavy (non-hydrogen) atoms. The number of piperidine rings is 1. The van der Waals surface area contributed by atoms with Crippen LogP contribution in [-0.2, 0) is 4.79 Å².